The molecule has 0 aromatic heterocycles. The molecule has 0 radical (unpaired) electrons. The molecule has 0 bridgehead atoms. The first-order valence-corrected chi connectivity index (χ1v) is 9.32. The first-order chi connectivity index (χ1) is 12.2. The maximum Gasteiger partial charge on any atom is 0.262 e. The number of rotatable bonds is 3. The van der Waals surface area contributed by atoms with E-state index >= 15 is 0 Å². The van der Waals surface area contributed by atoms with E-state index in [2.05, 4.69) is 10.0 Å². The Labute approximate surface area is 150 Å². The van der Waals surface area contributed by atoms with Gasteiger partial charge in [0.25, 0.3) is 15.9 Å². The number of hydrogen-bond acceptors (Lipinski definition) is 6. The third-order valence-electron chi connectivity index (χ3n) is 3.80. The Balaban J connectivity index is 1.61. The zero-order chi connectivity index (χ0) is 18.5. The average molecular weight is 376 g/mol. The van der Waals surface area contributed by atoms with Gasteiger partial charge in [-0.3, -0.25) is 9.52 Å². The molecule has 2 aliphatic rings. The van der Waals surface area contributed by atoms with Crippen LogP contribution in [0.25, 0.3) is 0 Å². The lowest BCUT2D eigenvalue weighted by Gasteiger charge is -2.18. The summed E-state index contributed by atoms with van der Waals surface area (Å²) < 4.78 is 44.2. The fraction of sp³-hybridized carbons (Fsp3) is 0.235. The molecule has 2 aromatic rings. The second-order valence-electron chi connectivity index (χ2n) is 6.37. The SMILES string of the molecule is CC1(C)Oc2ccc(NS(=O)(=O)c3ccc4c(c3)NC(=O)CO4)cc2O1. The maximum absolute atomic E-state index is 12.7. The second-order valence-corrected chi connectivity index (χ2v) is 8.05. The van der Waals surface area contributed by atoms with Gasteiger partial charge >= 0.3 is 0 Å². The lowest BCUT2D eigenvalue weighted by Crippen LogP contribution is -2.29. The number of amides is 1. The summed E-state index contributed by atoms with van der Waals surface area (Å²) in [5.74, 6) is 0.302. The van der Waals surface area contributed by atoms with Crippen molar-refractivity contribution in [2.75, 3.05) is 16.6 Å². The number of hydrogen-bond donors (Lipinski definition) is 2. The molecule has 4 rings (SSSR count). The Morgan fingerprint density at radius 1 is 1.04 bits per heavy atom. The standard InChI is InChI=1S/C17H16N2O6S/c1-17(2)24-14-5-3-10(7-15(14)25-17)19-26(21,22)11-4-6-13-12(8-11)18-16(20)9-23-13/h3-8,19H,9H2,1-2H3,(H,18,20). The van der Waals surface area contributed by atoms with Crippen LogP contribution in [-0.2, 0) is 14.8 Å². The van der Waals surface area contributed by atoms with Gasteiger partial charge in [0.05, 0.1) is 16.3 Å². The number of anilines is 2. The first kappa shape index (κ1) is 16.5. The number of benzene rings is 2. The van der Waals surface area contributed by atoms with Gasteiger partial charge in [-0.15, -0.1) is 0 Å². The van der Waals surface area contributed by atoms with Crippen molar-refractivity contribution in [2.24, 2.45) is 0 Å². The number of ether oxygens (including phenoxy) is 3. The van der Waals surface area contributed by atoms with Gasteiger partial charge in [0.1, 0.15) is 5.75 Å². The van der Waals surface area contributed by atoms with Crippen LogP contribution in [0.2, 0.25) is 0 Å². The van der Waals surface area contributed by atoms with Gasteiger partial charge in [0, 0.05) is 19.9 Å². The van der Waals surface area contributed by atoms with Crippen LogP contribution in [-0.4, -0.2) is 26.7 Å². The summed E-state index contributed by atoms with van der Waals surface area (Å²) in [5.41, 5.74) is 0.652. The Bertz CT molecular complexity index is 1020. The van der Waals surface area contributed by atoms with Crippen molar-refractivity contribution in [1.29, 1.82) is 0 Å². The molecule has 8 nitrogen and oxygen atoms in total. The van der Waals surface area contributed by atoms with Crippen LogP contribution in [0.3, 0.4) is 0 Å². The van der Waals surface area contributed by atoms with Crippen LogP contribution in [0.1, 0.15) is 13.8 Å². The van der Waals surface area contributed by atoms with E-state index in [9.17, 15) is 13.2 Å². The molecule has 2 aromatic carbocycles. The first-order valence-electron chi connectivity index (χ1n) is 7.83. The van der Waals surface area contributed by atoms with Crippen molar-refractivity contribution in [3.63, 3.8) is 0 Å². The molecule has 1 amide bonds. The Morgan fingerprint density at radius 2 is 1.77 bits per heavy atom. The predicted octanol–water partition coefficient (Wildman–Crippen LogP) is 2.33. The fourth-order valence-corrected chi connectivity index (χ4v) is 3.80. The van der Waals surface area contributed by atoms with Crippen molar-refractivity contribution < 1.29 is 27.4 Å². The zero-order valence-corrected chi connectivity index (χ0v) is 14.8. The lowest BCUT2D eigenvalue weighted by atomic mass is 10.2. The highest BCUT2D eigenvalue weighted by molar-refractivity contribution is 7.92. The van der Waals surface area contributed by atoms with E-state index < -0.39 is 15.8 Å². The van der Waals surface area contributed by atoms with E-state index in [1.165, 1.54) is 18.2 Å². The van der Waals surface area contributed by atoms with Crippen molar-refractivity contribution in [3.8, 4) is 17.2 Å². The lowest BCUT2D eigenvalue weighted by molar-refractivity contribution is -0.118. The highest BCUT2D eigenvalue weighted by Crippen LogP contribution is 2.41. The fourth-order valence-electron chi connectivity index (χ4n) is 2.73. The van der Waals surface area contributed by atoms with Gasteiger partial charge in [-0.2, -0.15) is 0 Å². The molecule has 0 fully saturated rings. The molecule has 9 heteroatoms. The van der Waals surface area contributed by atoms with Crippen LogP contribution in [0.4, 0.5) is 11.4 Å². The number of fused-ring (bicyclic) bond motifs is 2. The number of carbonyl (C=O) groups is 1. The summed E-state index contributed by atoms with van der Waals surface area (Å²) in [6, 6.07) is 9.06. The molecule has 0 unspecified atom stereocenters. The summed E-state index contributed by atoms with van der Waals surface area (Å²) in [7, 11) is -3.86. The third kappa shape index (κ3) is 3.01. The molecule has 2 heterocycles. The summed E-state index contributed by atoms with van der Waals surface area (Å²) in [5, 5.41) is 2.59. The predicted molar refractivity (Wildman–Crippen MR) is 93.2 cm³/mol. The molecule has 2 aliphatic heterocycles. The molecular weight excluding hydrogens is 360 g/mol. The van der Waals surface area contributed by atoms with E-state index in [0.29, 0.717) is 28.6 Å². The summed E-state index contributed by atoms with van der Waals surface area (Å²) in [6.07, 6.45) is 0. The highest BCUT2D eigenvalue weighted by atomic mass is 32.2. The summed E-state index contributed by atoms with van der Waals surface area (Å²) >= 11 is 0. The van der Waals surface area contributed by atoms with Gasteiger partial charge < -0.3 is 19.5 Å². The van der Waals surface area contributed by atoms with Crippen LogP contribution < -0.4 is 24.2 Å². The van der Waals surface area contributed by atoms with Crippen LogP contribution >= 0.6 is 0 Å². The molecule has 0 saturated carbocycles. The Kier molecular flexibility index (Phi) is 3.52. The molecule has 136 valence electrons. The van der Waals surface area contributed by atoms with Gasteiger partial charge in [-0.25, -0.2) is 8.42 Å². The Hall–Kier alpha value is -2.94. The molecule has 0 saturated heterocycles. The Morgan fingerprint density at radius 3 is 2.58 bits per heavy atom. The average Bonchev–Trinajstić information content (AvgIpc) is 2.86. The minimum absolute atomic E-state index is 0.0000432. The zero-order valence-electron chi connectivity index (χ0n) is 14.0. The third-order valence-corrected chi connectivity index (χ3v) is 5.18. The molecule has 0 atom stereocenters. The van der Waals surface area contributed by atoms with E-state index in [4.69, 9.17) is 14.2 Å². The van der Waals surface area contributed by atoms with E-state index in [1.807, 2.05) is 0 Å². The molecule has 0 aliphatic carbocycles. The normalized spacial score (nSPS) is 17.1. The van der Waals surface area contributed by atoms with Gasteiger partial charge in [0.2, 0.25) is 5.79 Å². The minimum atomic E-state index is -3.86. The highest BCUT2D eigenvalue weighted by Gasteiger charge is 2.32. The van der Waals surface area contributed by atoms with Gasteiger partial charge in [-0.1, -0.05) is 0 Å². The number of carbonyl (C=O) groups excluding carboxylic acids is 1. The van der Waals surface area contributed by atoms with Crippen molar-refractivity contribution in [1.82, 2.24) is 0 Å². The quantitative estimate of drug-likeness (QED) is 0.852. The molecule has 0 spiro atoms. The molecule has 2 N–H and O–H groups in total. The van der Waals surface area contributed by atoms with E-state index in [1.54, 1.807) is 32.0 Å². The van der Waals surface area contributed by atoms with Crippen molar-refractivity contribution >= 4 is 27.3 Å². The molecule has 26 heavy (non-hydrogen) atoms. The van der Waals surface area contributed by atoms with Gasteiger partial charge in [0.15, 0.2) is 18.1 Å². The topological polar surface area (TPSA) is 103 Å². The smallest absolute Gasteiger partial charge is 0.262 e. The van der Waals surface area contributed by atoms with E-state index in [-0.39, 0.29) is 17.4 Å². The van der Waals surface area contributed by atoms with Crippen molar-refractivity contribution in [3.05, 3.63) is 36.4 Å². The molecular formula is C17H16N2O6S. The monoisotopic (exact) mass is 376 g/mol. The van der Waals surface area contributed by atoms with Crippen LogP contribution in [0.15, 0.2) is 41.3 Å². The van der Waals surface area contributed by atoms with Crippen LogP contribution in [0.5, 0.6) is 17.2 Å². The summed E-state index contributed by atoms with van der Waals surface area (Å²) in [6.45, 7) is 3.44. The number of nitrogens with one attached hydrogen (secondary N) is 2. The largest absolute Gasteiger partial charge is 0.482 e. The summed E-state index contributed by atoms with van der Waals surface area (Å²) in [4.78, 5) is 11.4. The van der Waals surface area contributed by atoms with E-state index in [0.717, 1.165) is 0 Å². The minimum Gasteiger partial charge on any atom is -0.482 e. The van der Waals surface area contributed by atoms with Crippen molar-refractivity contribution in [2.45, 2.75) is 24.5 Å². The second kappa shape index (κ2) is 5.53. The van der Waals surface area contributed by atoms with Gasteiger partial charge in [-0.05, 0) is 30.3 Å². The maximum atomic E-state index is 12.7. The van der Waals surface area contributed by atoms with Crippen LogP contribution in [0, 0.1) is 0 Å². The number of sulfonamides is 1.